The van der Waals surface area contributed by atoms with Gasteiger partial charge in [-0.2, -0.15) is 0 Å². The zero-order valence-corrected chi connectivity index (χ0v) is 14.1. The number of carbonyl (C=O) groups is 1. The molecule has 1 heterocycles. The molecule has 20 heavy (non-hydrogen) atoms. The van der Waals surface area contributed by atoms with Crippen LogP contribution in [0.1, 0.15) is 54.4 Å². The van der Waals surface area contributed by atoms with Gasteiger partial charge in [0.05, 0.1) is 0 Å². The second-order valence-corrected chi connectivity index (χ2v) is 8.47. The standard InChI is InChI=1S/C17H32N2O/c1-15(2,12-8-7-9-18-10-12)14(20)19-11-13-16(3,4)17(13,5)6/h12-13,18H,7-11H2,1-6H3,(H,19,20). The molecule has 0 aromatic carbocycles. The van der Waals surface area contributed by atoms with Crippen LogP contribution in [0.3, 0.4) is 0 Å². The quantitative estimate of drug-likeness (QED) is 0.831. The van der Waals surface area contributed by atoms with Crippen molar-refractivity contribution in [2.75, 3.05) is 19.6 Å². The second-order valence-electron chi connectivity index (χ2n) is 8.47. The van der Waals surface area contributed by atoms with Crippen LogP contribution < -0.4 is 10.6 Å². The minimum Gasteiger partial charge on any atom is -0.355 e. The first-order chi connectivity index (χ1) is 9.12. The van der Waals surface area contributed by atoms with Crippen molar-refractivity contribution in [3.8, 4) is 0 Å². The normalized spacial score (nSPS) is 29.0. The number of carbonyl (C=O) groups excluding carboxylic acids is 1. The molecule has 1 atom stereocenters. The molecule has 1 amide bonds. The van der Waals surface area contributed by atoms with E-state index in [0.29, 0.717) is 22.7 Å². The van der Waals surface area contributed by atoms with Crippen molar-refractivity contribution in [3.63, 3.8) is 0 Å². The Morgan fingerprint density at radius 2 is 1.85 bits per heavy atom. The minimum absolute atomic E-state index is 0.227. The van der Waals surface area contributed by atoms with Gasteiger partial charge in [0.2, 0.25) is 5.91 Å². The van der Waals surface area contributed by atoms with Crippen molar-refractivity contribution >= 4 is 5.91 Å². The molecule has 2 rings (SSSR count). The molecule has 1 saturated heterocycles. The number of hydrogen-bond donors (Lipinski definition) is 2. The molecule has 1 aliphatic heterocycles. The van der Waals surface area contributed by atoms with Gasteiger partial charge < -0.3 is 10.6 Å². The first-order valence-corrected chi connectivity index (χ1v) is 8.11. The number of rotatable bonds is 4. The van der Waals surface area contributed by atoms with Gasteiger partial charge in [0.25, 0.3) is 0 Å². The molecule has 1 unspecified atom stereocenters. The lowest BCUT2D eigenvalue weighted by molar-refractivity contribution is -0.132. The Bertz CT molecular complexity index is 364. The van der Waals surface area contributed by atoms with E-state index in [2.05, 4.69) is 52.2 Å². The van der Waals surface area contributed by atoms with E-state index in [0.717, 1.165) is 26.1 Å². The van der Waals surface area contributed by atoms with Crippen molar-refractivity contribution in [3.05, 3.63) is 0 Å². The Morgan fingerprint density at radius 1 is 1.25 bits per heavy atom. The van der Waals surface area contributed by atoms with Crippen LogP contribution in [0.25, 0.3) is 0 Å². The molecule has 0 aromatic rings. The molecule has 2 N–H and O–H groups in total. The van der Waals surface area contributed by atoms with Gasteiger partial charge in [-0.05, 0) is 48.6 Å². The van der Waals surface area contributed by atoms with Crippen LogP contribution in [0.15, 0.2) is 0 Å². The van der Waals surface area contributed by atoms with Gasteiger partial charge in [0.15, 0.2) is 0 Å². The molecular weight excluding hydrogens is 248 g/mol. The molecule has 3 nitrogen and oxygen atoms in total. The lowest BCUT2D eigenvalue weighted by Gasteiger charge is -2.36. The number of amides is 1. The number of hydrogen-bond acceptors (Lipinski definition) is 2. The smallest absolute Gasteiger partial charge is 0.225 e. The van der Waals surface area contributed by atoms with Crippen LogP contribution >= 0.6 is 0 Å². The van der Waals surface area contributed by atoms with Crippen molar-refractivity contribution in [2.24, 2.45) is 28.1 Å². The highest BCUT2D eigenvalue weighted by atomic mass is 16.2. The second kappa shape index (κ2) is 5.01. The van der Waals surface area contributed by atoms with Crippen LogP contribution in [0.5, 0.6) is 0 Å². The van der Waals surface area contributed by atoms with Crippen molar-refractivity contribution in [1.29, 1.82) is 0 Å². The maximum absolute atomic E-state index is 12.6. The summed E-state index contributed by atoms with van der Waals surface area (Å²) < 4.78 is 0. The SMILES string of the molecule is CC(C)(C(=O)NCC1C(C)(C)C1(C)C)C1CCCNC1. The Morgan fingerprint density at radius 3 is 2.30 bits per heavy atom. The monoisotopic (exact) mass is 280 g/mol. The highest BCUT2D eigenvalue weighted by Crippen LogP contribution is 2.67. The van der Waals surface area contributed by atoms with Crippen molar-refractivity contribution in [1.82, 2.24) is 10.6 Å². The topological polar surface area (TPSA) is 41.1 Å². The first-order valence-electron chi connectivity index (χ1n) is 8.11. The van der Waals surface area contributed by atoms with Crippen LogP contribution in [-0.2, 0) is 4.79 Å². The summed E-state index contributed by atoms with van der Waals surface area (Å²) in [7, 11) is 0. The van der Waals surface area contributed by atoms with E-state index in [4.69, 9.17) is 0 Å². The van der Waals surface area contributed by atoms with E-state index in [-0.39, 0.29) is 11.3 Å². The summed E-state index contributed by atoms with van der Waals surface area (Å²) in [6.45, 7) is 16.3. The molecule has 1 saturated carbocycles. The van der Waals surface area contributed by atoms with E-state index in [9.17, 15) is 4.79 Å². The molecule has 2 fully saturated rings. The summed E-state index contributed by atoms with van der Waals surface area (Å²) in [5.74, 6) is 1.28. The molecule has 116 valence electrons. The zero-order valence-electron chi connectivity index (χ0n) is 14.1. The maximum Gasteiger partial charge on any atom is 0.225 e. The molecule has 0 radical (unpaired) electrons. The highest BCUT2D eigenvalue weighted by Gasteiger charge is 2.64. The number of nitrogens with one attached hydrogen (secondary N) is 2. The van der Waals surface area contributed by atoms with Crippen LogP contribution in [0.2, 0.25) is 0 Å². The van der Waals surface area contributed by atoms with Crippen LogP contribution in [-0.4, -0.2) is 25.5 Å². The van der Waals surface area contributed by atoms with Gasteiger partial charge in [-0.1, -0.05) is 41.5 Å². The van der Waals surface area contributed by atoms with E-state index in [1.165, 1.54) is 6.42 Å². The van der Waals surface area contributed by atoms with Gasteiger partial charge in [-0.25, -0.2) is 0 Å². The van der Waals surface area contributed by atoms with Gasteiger partial charge in [-0.3, -0.25) is 4.79 Å². The van der Waals surface area contributed by atoms with Gasteiger partial charge >= 0.3 is 0 Å². The summed E-state index contributed by atoms with van der Waals surface area (Å²) in [6.07, 6.45) is 2.35. The highest BCUT2D eigenvalue weighted by molar-refractivity contribution is 5.82. The lowest BCUT2D eigenvalue weighted by Crippen LogP contribution is -2.47. The molecule has 2 aliphatic rings. The average Bonchev–Trinajstić information content (AvgIpc) is 2.77. The summed E-state index contributed by atoms with van der Waals surface area (Å²) in [5.41, 5.74) is 0.421. The molecule has 3 heteroatoms. The number of piperidine rings is 1. The van der Waals surface area contributed by atoms with Gasteiger partial charge in [0.1, 0.15) is 0 Å². The Hall–Kier alpha value is -0.570. The third-order valence-corrected chi connectivity index (χ3v) is 6.69. The molecule has 1 aliphatic carbocycles. The molecule has 0 spiro atoms. The van der Waals surface area contributed by atoms with E-state index in [1.54, 1.807) is 0 Å². The predicted molar refractivity (Wildman–Crippen MR) is 83.4 cm³/mol. The molecule has 0 aromatic heterocycles. The Labute approximate surface area is 124 Å². The van der Waals surface area contributed by atoms with Crippen molar-refractivity contribution in [2.45, 2.75) is 54.4 Å². The van der Waals surface area contributed by atoms with E-state index >= 15 is 0 Å². The summed E-state index contributed by atoms with van der Waals surface area (Å²) in [6, 6.07) is 0. The van der Waals surface area contributed by atoms with E-state index in [1.807, 2.05) is 0 Å². The third kappa shape index (κ3) is 2.49. The maximum atomic E-state index is 12.6. The average molecular weight is 280 g/mol. The fraction of sp³-hybridized carbons (Fsp3) is 0.941. The van der Waals surface area contributed by atoms with Gasteiger partial charge in [-0.15, -0.1) is 0 Å². The summed E-state index contributed by atoms with van der Waals surface area (Å²) in [5, 5.41) is 6.65. The zero-order chi connectivity index (χ0) is 15.2. The summed E-state index contributed by atoms with van der Waals surface area (Å²) in [4.78, 5) is 12.6. The molecule has 0 bridgehead atoms. The largest absolute Gasteiger partial charge is 0.355 e. The fourth-order valence-electron chi connectivity index (χ4n) is 3.92. The van der Waals surface area contributed by atoms with Gasteiger partial charge in [0, 0.05) is 12.0 Å². The Kier molecular flexibility index (Phi) is 3.96. The van der Waals surface area contributed by atoms with Crippen LogP contribution in [0, 0.1) is 28.1 Å². The molecular formula is C17H32N2O. The third-order valence-electron chi connectivity index (χ3n) is 6.69. The minimum atomic E-state index is -0.267. The Balaban J connectivity index is 1.88. The fourth-order valence-corrected chi connectivity index (χ4v) is 3.92. The predicted octanol–water partition coefficient (Wildman–Crippen LogP) is 2.81. The van der Waals surface area contributed by atoms with Crippen LogP contribution in [0.4, 0.5) is 0 Å². The lowest BCUT2D eigenvalue weighted by atomic mass is 9.74. The first kappa shape index (κ1) is 15.8. The summed E-state index contributed by atoms with van der Waals surface area (Å²) >= 11 is 0. The van der Waals surface area contributed by atoms with Crippen molar-refractivity contribution < 1.29 is 4.79 Å². The van der Waals surface area contributed by atoms with E-state index < -0.39 is 0 Å².